The standard InChI is InChI=1S/C11H22N2O/c1-5-6-7-9(4)13-10(8(2)3)11(12)14/h5,8-10,13H,1,6-7H2,2-4H3,(H2,12,14). The van der Waals surface area contributed by atoms with Crippen LogP contribution >= 0.6 is 0 Å². The number of nitrogens with two attached hydrogens (primary N) is 1. The summed E-state index contributed by atoms with van der Waals surface area (Å²) in [5.41, 5.74) is 5.29. The number of allylic oxidation sites excluding steroid dienone is 1. The molecular weight excluding hydrogens is 176 g/mol. The molecule has 0 spiro atoms. The van der Waals surface area contributed by atoms with E-state index in [9.17, 15) is 4.79 Å². The van der Waals surface area contributed by atoms with Crippen molar-refractivity contribution in [2.75, 3.05) is 0 Å². The highest BCUT2D eigenvalue weighted by Gasteiger charge is 2.20. The molecule has 0 aliphatic rings. The van der Waals surface area contributed by atoms with Crippen LogP contribution in [-0.2, 0) is 4.79 Å². The van der Waals surface area contributed by atoms with Gasteiger partial charge in [-0.25, -0.2) is 0 Å². The zero-order chi connectivity index (χ0) is 11.1. The van der Waals surface area contributed by atoms with Gasteiger partial charge in [-0.2, -0.15) is 0 Å². The molecule has 0 aliphatic carbocycles. The normalized spacial score (nSPS) is 15.1. The third kappa shape index (κ3) is 5.02. The van der Waals surface area contributed by atoms with E-state index >= 15 is 0 Å². The number of hydrogen-bond donors (Lipinski definition) is 2. The van der Waals surface area contributed by atoms with E-state index in [-0.39, 0.29) is 17.9 Å². The van der Waals surface area contributed by atoms with E-state index in [2.05, 4.69) is 18.8 Å². The molecule has 3 N–H and O–H groups in total. The molecule has 0 aliphatic heterocycles. The lowest BCUT2D eigenvalue weighted by molar-refractivity contribution is -0.121. The van der Waals surface area contributed by atoms with Gasteiger partial charge in [0.05, 0.1) is 6.04 Å². The molecule has 0 aromatic carbocycles. The molecule has 0 fully saturated rings. The number of primary amides is 1. The van der Waals surface area contributed by atoms with Crippen LogP contribution in [0.5, 0.6) is 0 Å². The van der Waals surface area contributed by atoms with E-state index in [1.54, 1.807) is 0 Å². The summed E-state index contributed by atoms with van der Waals surface area (Å²) in [6, 6.07) is 0.0720. The minimum absolute atomic E-state index is 0.227. The van der Waals surface area contributed by atoms with Gasteiger partial charge in [0.2, 0.25) is 5.91 Å². The maximum atomic E-state index is 11.1. The fourth-order valence-corrected chi connectivity index (χ4v) is 1.36. The lowest BCUT2D eigenvalue weighted by atomic mass is 10.0. The highest BCUT2D eigenvalue weighted by Crippen LogP contribution is 2.05. The molecule has 0 heterocycles. The summed E-state index contributed by atoms with van der Waals surface area (Å²) in [7, 11) is 0. The van der Waals surface area contributed by atoms with Crippen molar-refractivity contribution in [3.8, 4) is 0 Å². The third-order valence-corrected chi connectivity index (χ3v) is 2.24. The fourth-order valence-electron chi connectivity index (χ4n) is 1.36. The molecule has 0 saturated heterocycles. The maximum Gasteiger partial charge on any atom is 0.234 e. The summed E-state index contributed by atoms with van der Waals surface area (Å²) in [5, 5.41) is 3.23. The second kappa shape index (κ2) is 6.60. The van der Waals surface area contributed by atoms with Crippen molar-refractivity contribution >= 4 is 5.91 Å². The summed E-state index contributed by atoms with van der Waals surface area (Å²) in [5.74, 6) is -0.0378. The summed E-state index contributed by atoms with van der Waals surface area (Å²) in [6.07, 6.45) is 3.82. The summed E-state index contributed by atoms with van der Waals surface area (Å²) in [4.78, 5) is 11.1. The lowest BCUT2D eigenvalue weighted by Crippen LogP contribution is -2.48. The van der Waals surface area contributed by atoms with Gasteiger partial charge in [-0.05, 0) is 25.7 Å². The van der Waals surface area contributed by atoms with Crippen molar-refractivity contribution < 1.29 is 4.79 Å². The van der Waals surface area contributed by atoms with Gasteiger partial charge in [-0.1, -0.05) is 19.9 Å². The van der Waals surface area contributed by atoms with Gasteiger partial charge in [-0.3, -0.25) is 4.79 Å². The number of carbonyl (C=O) groups is 1. The van der Waals surface area contributed by atoms with E-state index < -0.39 is 0 Å². The Bertz CT molecular complexity index is 190. The highest BCUT2D eigenvalue weighted by atomic mass is 16.1. The lowest BCUT2D eigenvalue weighted by Gasteiger charge is -2.23. The minimum Gasteiger partial charge on any atom is -0.368 e. The zero-order valence-electron chi connectivity index (χ0n) is 9.42. The SMILES string of the molecule is C=CCCC(C)NC(C(N)=O)C(C)C. The van der Waals surface area contributed by atoms with Crippen LogP contribution in [0, 0.1) is 5.92 Å². The number of nitrogens with one attached hydrogen (secondary N) is 1. The molecule has 0 saturated carbocycles. The van der Waals surface area contributed by atoms with Crippen LogP contribution in [0.3, 0.4) is 0 Å². The van der Waals surface area contributed by atoms with Crippen LogP contribution in [0.2, 0.25) is 0 Å². The predicted molar refractivity (Wildman–Crippen MR) is 59.8 cm³/mol. The smallest absolute Gasteiger partial charge is 0.234 e. The molecule has 14 heavy (non-hydrogen) atoms. The van der Waals surface area contributed by atoms with Crippen LogP contribution in [0.15, 0.2) is 12.7 Å². The largest absolute Gasteiger partial charge is 0.368 e. The molecule has 0 rings (SSSR count). The van der Waals surface area contributed by atoms with Crippen LogP contribution < -0.4 is 11.1 Å². The Balaban J connectivity index is 4.02. The average Bonchev–Trinajstić information content (AvgIpc) is 2.09. The summed E-state index contributed by atoms with van der Waals surface area (Å²) >= 11 is 0. The van der Waals surface area contributed by atoms with Crippen molar-refractivity contribution in [1.82, 2.24) is 5.32 Å². The van der Waals surface area contributed by atoms with Gasteiger partial charge in [0, 0.05) is 6.04 Å². The second-order valence-corrected chi connectivity index (χ2v) is 4.06. The molecule has 0 bridgehead atoms. The summed E-state index contributed by atoms with van der Waals surface area (Å²) in [6.45, 7) is 9.70. The van der Waals surface area contributed by atoms with Crippen molar-refractivity contribution in [2.24, 2.45) is 11.7 Å². The average molecular weight is 198 g/mol. The van der Waals surface area contributed by atoms with Gasteiger partial charge in [-0.15, -0.1) is 6.58 Å². The van der Waals surface area contributed by atoms with Crippen molar-refractivity contribution in [3.05, 3.63) is 12.7 Å². The van der Waals surface area contributed by atoms with Crippen molar-refractivity contribution in [1.29, 1.82) is 0 Å². The number of hydrogen-bond acceptors (Lipinski definition) is 2. The van der Waals surface area contributed by atoms with E-state index in [0.29, 0.717) is 6.04 Å². The quantitative estimate of drug-likeness (QED) is 0.608. The number of rotatable bonds is 7. The molecule has 2 unspecified atom stereocenters. The van der Waals surface area contributed by atoms with Gasteiger partial charge < -0.3 is 11.1 Å². The highest BCUT2D eigenvalue weighted by molar-refractivity contribution is 5.80. The predicted octanol–water partition coefficient (Wildman–Crippen LogP) is 1.44. The summed E-state index contributed by atoms with van der Waals surface area (Å²) < 4.78 is 0. The molecule has 1 amide bonds. The Hall–Kier alpha value is -0.830. The first kappa shape index (κ1) is 13.2. The van der Waals surface area contributed by atoms with Crippen LogP contribution in [0.25, 0.3) is 0 Å². The van der Waals surface area contributed by atoms with Crippen LogP contribution in [0.4, 0.5) is 0 Å². The molecule has 2 atom stereocenters. The first-order valence-corrected chi connectivity index (χ1v) is 5.15. The van der Waals surface area contributed by atoms with Crippen molar-refractivity contribution in [3.63, 3.8) is 0 Å². The molecular formula is C11H22N2O. The van der Waals surface area contributed by atoms with Crippen molar-refractivity contribution in [2.45, 2.75) is 45.7 Å². The van der Waals surface area contributed by atoms with Gasteiger partial charge in [0.15, 0.2) is 0 Å². The molecule has 0 radical (unpaired) electrons. The van der Waals surface area contributed by atoms with E-state index in [1.807, 2.05) is 19.9 Å². The molecule has 0 aromatic heterocycles. The minimum atomic E-state index is -0.273. The monoisotopic (exact) mass is 198 g/mol. The molecule has 0 aromatic rings. The fraction of sp³-hybridized carbons (Fsp3) is 0.727. The Labute approximate surface area is 86.8 Å². The van der Waals surface area contributed by atoms with Crippen LogP contribution in [-0.4, -0.2) is 18.0 Å². The topological polar surface area (TPSA) is 55.1 Å². The van der Waals surface area contributed by atoms with E-state index in [1.165, 1.54) is 0 Å². The van der Waals surface area contributed by atoms with Crippen LogP contribution in [0.1, 0.15) is 33.6 Å². The van der Waals surface area contributed by atoms with E-state index in [4.69, 9.17) is 5.73 Å². The zero-order valence-corrected chi connectivity index (χ0v) is 9.42. The van der Waals surface area contributed by atoms with Gasteiger partial charge >= 0.3 is 0 Å². The maximum absolute atomic E-state index is 11.1. The molecule has 82 valence electrons. The molecule has 3 nitrogen and oxygen atoms in total. The third-order valence-electron chi connectivity index (χ3n) is 2.24. The first-order chi connectivity index (χ1) is 6.49. The number of amides is 1. The first-order valence-electron chi connectivity index (χ1n) is 5.15. The number of carbonyl (C=O) groups excluding carboxylic acids is 1. The Morgan fingerprint density at radius 2 is 2.07 bits per heavy atom. The Morgan fingerprint density at radius 1 is 1.50 bits per heavy atom. The van der Waals surface area contributed by atoms with Gasteiger partial charge in [0.25, 0.3) is 0 Å². The van der Waals surface area contributed by atoms with Gasteiger partial charge in [0.1, 0.15) is 0 Å². The second-order valence-electron chi connectivity index (χ2n) is 4.06. The Kier molecular flexibility index (Phi) is 6.21. The van der Waals surface area contributed by atoms with E-state index in [0.717, 1.165) is 12.8 Å². The molecule has 3 heteroatoms. The Morgan fingerprint density at radius 3 is 2.43 bits per heavy atom.